The fourth-order valence-corrected chi connectivity index (χ4v) is 2.55. The van der Waals surface area contributed by atoms with Gasteiger partial charge >= 0.3 is 0 Å². The summed E-state index contributed by atoms with van der Waals surface area (Å²) in [4.78, 5) is 0. The third kappa shape index (κ3) is 3.75. The Morgan fingerprint density at radius 2 is 2.17 bits per heavy atom. The Balaban J connectivity index is 1.77. The SMILES string of the molecule is N#Cc1cccc(OCC(O)CC2CCCC2)c1. The third-order valence-electron chi connectivity index (χ3n) is 3.49. The van der Waals surface area contributed by atoms with Crippen molar-refractivity contribution in [2.45, 2.75) is 38.2 Å². The molecular formula is C15H19NO2. The molecule has 96 valence electrons. The standard InChI is InChI=1S/C15H19NO2/c16-10-13-6-3-7-15(9-13)18-11-14(17)8-12-4-1-2-5-12/h3,6-7,9,12,14,17H,1-2,4-5,8,11H2. The van der Waals surface area contributed by atoms with E-state index >= 15 is 0 Å². The van der Waals surface area contributed by atoms with Crippen molar-refractivity contribution in [3.63, 3.8) is 0 Å². The van der Waals surface area contributed by atoms with Crippen LogP contribution in [0.2, 0.25) is 0 Å². The molecule has 0 bridgehead atoms. The molecule has 1 unspecified atom stereocenters. The summed E-state index contributed by atoms with van der Waals surface area (Å²) in [5.41, 5.74) is 0.581. The summed E-state index contributed by atoms with van der Waals surface area (Å²) in [6.45, 7) is 0.311. The number of benzene rings is 1. The van der Waals surface area contributed by atoms with Gasteiger partial charge in [0, 0.05) is 0 Å². The van der Waals surface area contributed by atoms with Crippen molar-refractivity contribution in [3.8, 4) is 11.8 Å². The summed E-state index contributed by atoms with van der Waals surface area (Å²) in [6.07, 6.45) is 5.49. The van der Waals surface area contributed by atoms with E-state index in [2.05, 4.69) is 6.07 Å². The fraction of sp³-hybridized carbons (Fsp3) is 0.533. The summed E-state index contributed by atoms with van der Waals surface area (Å²) in [6, 6.07) is 9.10. The molecule has 2 rings (SSSR count). The minimum absolute atomic E-state index is 0.311. The molecule has 0 aromatic heterocycles. The highest BCUT2D eigenvalue weighted by molar-refractivity contribution is 5.36. The number of nitrogens with zero attached hydrogens (tertiary/aromatic N) is 1. The van der Waals surface area contributed by atoms with Gasteiger partial charge in [0.2, 0.25) is 0 Å². The second-order valence-electron chi connectivity index (χ2n) is 4.99. The molecule has 1 fully saturated rings. The molecule has 1 aliphatic rings. The maximum absolute atomic E-state index is 9.91. The number of aliphatic hydroxyl groups excluding tert-OH is 1. The van der Waals surface area contributed by atoms with Crippen LogP contribution in [0.1, 0.15) is 37.7 Å². The van der Waals surface area contributed by atoms with Crippen molar-refractivity contribution in [3.05, 3.63) is 29.8 Å². The lowest BCUT2D eigenvalue weighted by molar-refractivity contribution is 0.0855. The first-order valence-electron chi connectivity index (χ1n) is 6.59. The minimum Gasteiger partial charge on any atom is -0.491 e. The van der Waals surface area contributed by atoms with Gasteiger partial charge in [-0.15, -0.1) is 0 Å². The highest BCUT2D eigenvalue weighted by atomic mass is 16.5. The molecule has 18 heavy (non-hydrogen) atoms. The molecule has 1 aromatic carbocycles. The molecular weight excluding hydrogens is 226 g/mol. The number of ether oxygens (including phenoxy) is 1. The first-order chi connectivity index (χ1) is 8.78. The largest absolute Gasteiger partial charge is 0.491 e. The summed E-state index contributed by atoms with van der Waals surface area (Å²) in [5.74, 6) is 1.31. The van der Waals surface area contributed by atoms with Gasteiger partial charge in [0.05, 0.1) is 17.7 Å². The van der Waals surface area contributed by atoms with Gasteiger partial charge in [-0.3, -0.25) is 0 Å². The van der Waals surface area contributed by atoms with E-state index in [4.69, 9.17) is 10.00 Å². The monoisotopic (exact) mass is 245 g/mol. The van der Waals surface area contributed by atoms with E-state index < -0.39 is 6.10 Å². The molecule has 1 N–H and O–H groups in total. The second-order valence-corrected chi connectivity index (χ2v) is 4.99. The van der Waals surface area contributed by atoms with Crippen LogP contribution in [0.5, 0.6) is 5.75 Å². The first-order valence-corrected chi connectivity index (χ1v) is 6.59. The van der Waals surface area contributed by atoms with E-state index in [1.54, 1.807) is 18.2 Å². The Morgan fingerprint density at radius 1 is 1.39 bits per heavy atom. The van der Waals surface area contributed by atoms with Crippen LogP contribution in [-0.4, -0.2) is 17.8 Å². The normalized spacial score (nSPS) is 17.3. The van der Waals surface area contributed by atoms with Gasteiger partial charge < -0.3 is 9.84 Å². The van der Waals surface area contributed by atoms with Crippen molar-refractivity contribution < 1.29 is 9.84 Å². The van der Waals surface area contributed by atoms with Crippen LogP contribution in [0, 0.1) is 17.2 Å². The van der Waals surface area contributed by atoms with E-state index in [9.17, 15) is 5.11 Å². The summed E-state index contributed by atoms with van der Waals surface area (Å²) in [5, 5.41) is 18.7. The van der Waals surface area contributed by atoms with Gasteiger partial charge in [-0.1, -0.05) is 31.7 Å². The van der Waals surface area contributed by atoms with Crippen molar-refractivity contribution in [1.29, 1.82) is 5.26 Å². The lowest BCUT2D eigenvalue weighted by Gasteiger charge is -2.16. The van der Waals surface area contributed by atoms with Crippen LogP contribution in [0.3, 0.4) is 0 Å². The minimum atomic E-state index is -0.404. The Morgan fingerprint density at radius 3 is 2.89 bits per heavy atom. The van der Waals surface area contributed by atoms with Gasteiger partial charge in [-0.05, 0) is 30.5 Å². The van der Waals surface area contributed by atoms with E-state index in [1.165, 1.54) is 25.7 Å². The number of hydrogen-bond donors (Lipinski definition) is 1. The Bertz CT molecular complexity index is 419. The van der Waals surface area contributed by atoms with Crippen LogP contribution in [0.25, 0.3) is 0 Å². The number of aliphatic hydroxyl groups is 1. The molecule has 0 heterocycles. The second kappa shape index (κ2) is 6.42. The summed E-state index contributed by atoms with van der Waals surface area (Å²) >= 11 is 0. The van der Waals surface area contributed by atoms with Gasteiger partial charge in [0.1, 0.15) is 12.4 Å². The molecule has 1 atom stereocenters. The van der Waals surface area contributed by atoms with Crippen LogP contribution >= 0.6 is 0 Å². The van der Waals surface area contributed by atoms with E-state index in [0.717, 1.165) is 6.42 Å². The molecule has 3 nitrogen and oxygen atoms in total. The molecule has 1 aliphatic carbocycles. The average Bonchev–Trinajstić information content (AvgIpc) is 2.89. The topological polar surface area (TPSA) is 53.2 Å². The predicted octanol–water partition coefficient (Wildman–Crippen LogP) is 2.88. The molecule has 3 heteroatoms. The zero-order valence-electron chi connectivity index (χ0n) is 10.5. The van der Waals surface area contributed by atoms with E-state index in [0.29, 0.717) is 23.8 Å². The zero-order chi connectivity index (χ0) is 12.8. The van der Waals surface area contributed by atoms with Crippen LogP contribution < -0.4 is 4.74 Å². The Hall–Kier alpha value is -1.53. The molecule has 0 radical (unpaired) electrons. The molecule has 0 amide bonds. The van der Waals surface area contributed by atoms with Gasteiger partial charge in [-0.25, -0.2) is 0 Å². The fourth-order valence-electron chi connectivity index (χ4n) is 2.55. The number of rotatable bonds is 5. The molecule has 0 spiro atoms. The van der Waals surface area contributed by atoms with Crippen LogP contribution in [0.15, 0.2) is 24.3 Å². The molecule has 0 aliphatic heterocycles. The lowest BCUT2D eigenvalue weighted by Crippen LogP contribution is -2.20. The summed E-state index contributed by atoms with van der Waals surface area (Å²) < 4.78 is 5.52. The summed E-state index contributed by atoms with van der Waals surface area (Å²) in [7, 11) is 0. The van der Waals surface area contributed by atoms with E-state index in [1.807, 2.05) is 6.07 Å². The molecule has 1 aromatic rings. The van der Waals surface area contributed by atoms with Crippen molar-refractivity contribution >= 4 is 0 Å². The van der Waals surface area contributed by atoms with Gasteiger partial charge in [0.25, 0.3) is 0 Å². The number of nitriles is 1. The quantitative estimate of drug-likeness (QED) is 0.867. The number of hydrogen-bond acceptors (Lipinski definition) is 3. The first kappa shape index (κ1) is 12.9. The maximum Gasteiger partial charge on any atom is 0.120 e. The average molecular weight is 245 g/mol. The highest BCUT2D eigenvalue weighted by Crippen LogP contribution is 2.28. The third-order valence-corrected chi connectivity index (χ3v) is 3.49. The molecule has 0 saturated heterocycles. The van der Waals surface area contributed by atoms with Crippen molar-refractivity contribution in [2.75, 3.05) is 6.61 Å². The molecule has 1 saturated carbocycles. The van der Waals surface area contributed by atoms with E-state index in [-0.39, 0.29) is 0 Å². The van der Waals surface area contributed by atoms with Crippen LogP contribution in [-0.2, 0) is 0 Å². The van der Waals surface area contributed by atoms with Crippen molar-refractivity contribution in [2.24, 2.45) is 5.92 Å². The zero-order valence-corrected chi connectivity index (χ0v) is 10.5. The lowest BCUT2D eigenvalue weighted by atomic mass is 10.0. The van der Waals surface area contributed by atoms with Gasteiger partial charge in [-0.2, -0.15) is 5.26 Å². The predicted molar refractivity (Wildman–Crippen MR) is 69.2 cm³/mol. The smallest absolute Gasteiger partial charge is 0.120 e. The van der Waals surface area contributed by atoms with Gasteiger partial charge in [0.15, 0.2) is 0 Å². The Kier molecular flexibility index (Phi) is 4.60. The maximum atomic E-state index is 9.91. The Labute approximate surface area is 108 Å². The van der Waals surface area contributed by atoms with Crippen LogP contribution in [0.4, 0.5) is 0 Å². The highest BCUT2D eigenvalue weighted by Gasteiger charge is 2.19. The van der Waals surface area contributed by atoms with Crippen molar-refractivity contribution in [1.82, 2.24) is 0 Å².